The van der Waals surface area contributed by atoms with Crippen LogP contribution in [0.4, 0.5) is 5.82 Å². The predicted molar refractivity (Wildman–Crippen MR) is 80.0 cm³/mol. The van der Waals surface area contributed by atoms with Crippen LogP contribution < -0.4 is 10.6 Å². The third-order valence-corrected chi connectivity index (χ3v) is 3.53. The molecule has 0 unspecified atom stereocenters. The van der Waals surface area contributed by atoms with Gasteiger partial charge in [-0.2, -0.15) is 5.10 Å². The van der Waals surface area contributed by atoms with Gasteiger partial charge in [0.1, 0.15) is 6.10 Å². The third-order valence-electron chi connectivity index (χ3n) is 3.53. The molecule has 0 saturated carbocycles. The molecule has 0 radical (unpaired) electrons. The number of nitrogens with zero attached hydrogens (tertiary/aromatic N) is 1. The average Bonchev–Trinajstić information content (AvgIpc) is 2.90. The summed E-state index contributed by atoms with van der Waals surface area (Å²) in [5, 5.41) is 13.1. The van der Waals surface area contributed by atoms with E-state index in [9.17, 15) is 4.79 Å². The zero-order valence-corrected chi connectivity index (χ0v) is 11.8. The van der Waals surface area contributed by atoms with Crippen molar-refractivity contribution in [3.8, 4) is 11.3 Å². The lowest BCUT2D eigenvalue weighted by molar-refractivity contribution is -0.128. The molecule has 1 fully saturated rings. The first kappa shape index (κ1) is 13.8. The van der Waals surface area contributed by atoms with Crippen molar-refractivity contribution in [2.45, 2.75) is 13.0 Å². The maximum Gasteiger partial charge on any atom is 0.256 e. The van der Waals surface area contributed by atoms with Crippen LogP contribution in [0, 0.1) is 6.92 Å². The van der Waals surface area contributed by atoms with Crippen LogP contribution in [0.25, 0.3) is 11.3 Å². The summed E-state index contributed by atoms with van der Waals surface area (Å²) in [4.78, 5) is 12.1. The van der Waals surface area contributed by atoms with E-state index in [2.05, 4.69) is 20.8 Å². The molecule has 1 aliphatic heterocycles. The first-order valence-electron chi connectivity index (χ1n) is 6.99. The van der Waals surface area contributed by atoms with Gasteiger partial charge in [0.25, 0.3) is 5.91 Å². The zero-order chi connectivity index (χ0) is 14.7. The van der Waals surface area contributed by atoms with Gasteiger partial charge < -0.3 is 15.4 Å². The van der Waals surface area contributed by atoms with Crippen LogP contribution in [-0.4, -0.2) is 41.9 Å². The number of hydrogen-bond acceptors (Lipinski definition) is 4. The van der Waals surface area contributed by atoms with Gasteiger partial charge in [0.05, 0.1) is 12.3 Å². The number of carbonyl (C=O) groups excluding carboxylic acids is 1. The zero-order valence-electron chi connectivity index (χ0n) is 11.8. The normalized spacial score (nSPS) is 18.4. The number of anilines is 1. The van der Waals surface area contributed by atoms with Gasteiger partial charge in [-0.15, -0.1) is 0 Å². The monoisotopic (exact) mass is 286 g/mol. The molecule has 6 heteroatoms. The Morgan fingerprint density at radius 2 is 2.19 bits per heavy atom. The molecule has 0 aliphatic carbocycles. The molecule has 1 atom stereocenters. The smallest absolute Gasteiger partial charge is 0.256 e. The number of rotatable bonds is 3. The number of amides is 1. The van der Waals surface area contributed by atoms with Crippen molar-refractivity contribution in [2.75, 3.05) is 25.0 Å². The van der Waals surface area contributed by atoms with E-state index in [1.54, 1.807) is 0 Å². The third kappa shape index (κ3) is 2.96. The molecule has 110 valence electrons. The van der Waals surface area contributed by atoms with Gasteiger partial charge in [0.15, 0.2) is 5.82 Å². The van der Waals surface area contributed by atoms with Crippen molar-refractivity contribution >= 4 is 11.7 Å². The summed E-state index contributed by atoms with van der Waals surface area (Å²) in [5.41, 5.74) is 2.87. The highest BCUT2D eigenvalue weighted by Crippen LogP contribution is 2.25. The van der Waals surface area contributed by atoms with Crippen molar-refractivity contribution in [2.24, 2.45) is 0 Å². The van der Waals surface area contributed by atoms with E-state index >= 15 is 0 Å². The summed E-state index contributed by atoms with van der Waals surface area (Å²) in [6, 6.07) is 9.90. The lowest BCUT2D eigenvalue weighted by atomic mass is 10.1. The van der Waals surface area contributed by atoms with Crippen LogP contribution in [0.5, 0.6) is 0 Å². The Kier molecular flexibility index (Phi) is 3.98. The van der Waals surface area contributed by atoms with Crippen LogP contribution in [-0.2, 0) is 9.53 Å². The van der Waals surface area contributed by atoms with E-state index in [4.69, 9.17) is 4.74 Å². The number of nitrogens with one attached hydrogen (secondary N) is 3. The molecule has 1 aliphatic rings. The second-order valence-corrected chi connectivity index (χ2v) is 4.99. The van der Waals surface area contributed by atoms with Crippen molar-refractivity contribution in [1.29, 1.82) is 0 Å². The molecule has 1 aromatic heterocycles. The molecule has 3 rings (SSSR count). The van der Waals surface area contributed by atoms with Gasteiger partial charge in [0.2, 0.25) is 0 Å². The van der Waals surface area contributed by atoms with Gasteiger partial charge >= 0.3 is 0 Å². The van der Waals surface area contributed by atoms with Crippen molar-refractivity contribution < 1.29 is 9.53 Å². The first-order chi connectivity index (χ1) is 10.3. The molecule has 2 aromatic rings. The minimum Gasteiger partial charge on any atom is -0.366 e. The summed E-state index contributed by atoms with van der Waals surface area (Å²) in [6.07, 6.45) is -0.463. The Balaban J connectivity index is 1.75. The molecule has 1 aromatic carbocycles. The Morgan fingerprint density at radius 1 is 1.38 bits per heavy atom. The highest BCUT2D eigenvalue weighted by Gasteiger charge is 2.23. The fourth-order valence-electron chi connectivity index (χ4n) is 2.34. The second-order valence-electron chi connectivity index (χ2n) is 4.99. The summed E-state index contributed by atoms with van der Waals surface area (Å²) in [5.74, 6) is 0.379. The number of aromatic amines is 1. The summed E-state index contributed by atoms with van der Waals surface area (Å²) in [7, 11) is 0. The number of H-pyrrole nitrogens is 1. The molecule has 2 heterocycles. The molecule has 21 heavy (non-hydrogen) atoms. The maximum atomic E-state index is 12.1. The quantitative estimate of drug-likeness (QED) is 0.795. The van der Waals surface area contributed by atoms with Crippen molar-refractivity contribution in [1.82, 2.24) is 15.5 Å². The molecule has 1 amide bonds. The van der Waals surface area contributed by atoms with Gasteiger partial charge in [-0.3, -0.25) is 9.89 Å². The van der Waals surface area contributed by atoms with E-state index in [1.165, 1.54) is 0 Å². The van der Waals surface area contributed by atoms with Crippen molar-refractivity contribution in [3.63, 3.8) is 0 Å². The maximum absolute atomic E-state index is 12.1. The molecular formula is C15H18N4O2. The minimum absolute atomic E-state index is 0.170. The van der Waals surface area contributed by atoms with Crippen LogP contribution in [0.15, 0.2) is 30.3 Å². The van der Waals surface area contributed by atoms with E-state index in [0.29, 0.717) is 19.0 Å². The molecule has 6 nitrogen and oxygen atoms in total. The molecule has 3 N–H and O–H groups in total. The topological polar surface area (TPSA) is 79.0 Å². The van der Waals surface area contributed by atoms with E-state index in [1.807, 2.05) is 37.3 Å². The fraction of sp³-hybridized carbons (Fsp3) is 0.333. The highest BCUT2D eigenvalue weighted by atomic mass is 16.5. The van der Waals surface area contributed by atoms with Crippen molar-refractivity contribution in [3.05, 3.63) is 35.9 Å². The number of ether oxygens (including phenoxy) is 1. The molecular weight excluding hydrogens is 268 g/mol. The Labute approximate surface area is 122 Å². The number of benzene rings is 1. The standard InChI is InChI=1S/C15H18N4O2/c1-10-13(11-5-3-2-4-6-11)18-19-14(10)17-15(20)12-9-16-7-8-21-12/h2-6,12,16H,7-9H2,1H3,(H2,17,18,19,20)/t12-/m0/s1. The van der Waals surface area contributed by atoms with Gasteiger partial charge in [-0.1, -0.05) is 30.3 Å². The number of morpholine rings is 1. The van der Waals surface area contributed by atoms with E-state index in [-0.39, 0.29) is 5.91 Å². The van der Waals surface area contributed by atoms with E-state index in [0.717, 1.165) is 23.4 Å². The Bertz CT molecular complexity index is 618. The van der Waals surface area contributed by atoms with Crippen LogP contribution in [0.2, 0.25) is 0 Å². The van der Waals surface area contributed by atoms with Gasteiger partial charge in [-0.05, 0) is 12.5 Å². The number of carbonyl (C=O) groups is 1. The molecule has 1 saturated heterocycles. The van der Waals surface area contributed by atoms with Crippen LogP contribution in [0.3, 0.4) is 0 Å². The lowest BCUT2D eigenvalue weighted by Gasteiger charge is -2.22. The molecule has 0 spiro atoms. The second kappa shape index (κ2) is 6.07. The van der Waals surface area contributed by atoms with Crippen LogP contribution >= 0.6 is 0 Å². The Morgan fingerprint density at radius 3 is 2.90 bits per heavy atom. The van der Waals surface area contributed by atoms with Crippen LogP contribution in [0.1, 0.15) is 5.56 Å². The van der Waals surface area contributed by atoms with Gasteiger partial charge in [0, 0.05) is 18.7 Å². The summed E-state index contributed by atoms with van der Waals surface area (Å²) < 4.78 is 5.43. The summed E-state index contributed by atoms with van der Waals surface area (Å²) >= 11 is 0. The first-order valence-corrected chi connectivity index (χ1v) is 6.99. The number of aromatic nitrogens is 2. The predicted octanol–water partition coefficient (Wildman–Crippen LogP) is 1.31. The average molecular weight is 286 g/mol. The minimum atomic E-state index is -0.463. The SMILES string of the molecule is Cc1c(NC(=O)[C@@H]2CNCCO2)n[nH]c1-c1ccccc1. The largest absolute Gasteiger partial charge is 0.366 e. The highest BCUT2D eigenvalue weighted by molar-refractivity contribution is 5.95. The van der Waals surface area contributed by atoms with Gasteiger partial charge in [-0.25, -0.2) is 0 Å². The van der Waals surface area contributed by atoms with E-state index < -0.39 is 6.10 Å². The lowest BCUT2D eigenvalue weighted by Crippen LogP contribution is -2.45. The fourth-order valence-corrected chi connectivity index (χ4v) is 2.34. The number of hydrogen-bond donors (Lipinski definition) is 3. The Hall–Kier alpha value is -2.18. The molecule has 0 bridgehead atoms. The summed E-state index contributed by atoms with van der Waals surface area (Å²) in [6.45, 7) is 3.79.